The van der Waals surface area contributed by atoms with E-state index in [4.69, 9.17) is 18.6 Å². The highest BCUT2D eigenvalue weighted by atomic mass is 16.7. The van der Waals surface area contributed by atoms with Crippen LogP contribution in [0.2, 0.25) is 11.6 Å². The van der Waals surface area contributed by atoms with Gasteiger partial charge in [-0.05, 0) is 88.4 Å². The van der Waals surface area contributed by atoms with Crippen molar-refractivity contribution in [2.75, 3.05) is 0 Å². The molecule has 4 nitrogen and oxygen atoms in total. The predicted molar refractivity (Wildman–Crippen MR) is 119 cm³/mol. The molecule has 0 bridgehead atoms. The van der Waals surface area contributed by atoms with E-state index in [1.165, 1.54) is 5.57 Å². The molecule has 2 heterocycles. The Balaban J connectivity index is 2.13. The van der Waals surface area contributed by atoms with Crippen LogP contribution < -0.4 is 0 Å². The molecule has 2 rings (SSSR count). The third-order valence-corrected chi connectivity index (χ3v) is 7.34. The van der Waals surface area contributed by atoms with Crippen molar-refractivity contribution >= 4 is 14.2 Å². The summed E-state index contributed by atoms with van der Waals surface area (Å²) in [6.07, 6.45) is 6.10. The van der Waals surface area contributed by atoms with Crippen LogP contribution in [-0.2, 0) is 18.6 Å². The van der Waals surface area contributed by atoms with Crippen LogP contribution in [0.1, 0.15) is 95.4 Å². The van der Waals surface area contributed by atoms with Crippen LogP contribution in [0.4, 0.5) is 0 Å². The molecule has 0 N–H and O–H groups in total. The third-order valence-electron chi connectivity index (χ3n) is 7.34. The zero-order valence-electron chi connectivity index (χ0n) is 20.2. The average molecular weight is 392 g/mol. The summed E-state index contributed by atoms with van der Waals surface area (Å²) in [4.78, 5) is 0. The third kappa shape index (κ3) is 4.88. The molecule has 0 saturated carbocycles. The topological polar surface area (TPSA) is 36.9 Å². The van der Waals surface area contributed by atoms with Crippen molar-refractivity contribution in [3.63, 3.8) is 0 Å². The van der Waals surface area contributed by atoms with Crippen molar-refractivity contribution in [3.8, 4) is 0 Å². The molecule has 0 amide bonds. The molecule has 0 aliphatic carbocycles. The summed E-state index contributed by atoms with van der Waals surface area (Å²) in [5.74, 6) is 0. The molecule has 1 atom stereocenters. The second kappa shape index (κ2) is 7.76. The number of allylic oxidation sites excluding steroid dienone is 2. The first-order valence-electron chi connectivity index (χ1n) is 10.9. The lowest BCUT2D eigenvalue weighted by Crippen LogP contribution is -2.41. The number of hydrogen-bond donors (Lipinski definition) is 0. The standard InChI is InChI=1S/C22H42B2O4/c1-17(2)13-12-14-22(11,24-27-20(7,8)21(9,10)28-24)15-16-23-25-18(3,4)19(5,6)26-23/h13H,12,14-16H2,1-11H3. The Kier molecular flexibility index (Phi) is 6.64. The van der Waals surface area contributed by atoms with Crippen molar-refractivity contribution in [2.24, 2.45) is 0 Å². The Morgan fingerprint density at radius 3 is 1.61 bits per heavy atom. The van der Waals surface area contributed by atoms with Gasteiger partial charge in [0, 0.05) is 5.31 Å². The largest absolute Gasteiger partial charge is 0.464 e. The maximum absolute atomic E-state index is 6.46. The van der Waals surface area contributed by atoms with Crippen LogP contribution in [0.25, 0.3) is 0 Å². The van der Waals surface area contributed by atoms with Gasteiger partial charge in [0.25, 0.3) is 0 Å². The van der Waals surface area contributed by atoms with Gasteiger partial charge in [-0.1, -0.05) is 25.0 Å². The van der Waals surface area contributed by atoms with Gasteiger partial charge in [-0.2, -0.15) is 0 Å². The summed E-state index contributed by atoms with van der Waals surface area (Å²) < 4.78 is 25.4. The van der Waals surface area contributed by atoms with Gasteiger partial charge in [-0.3, -0.25) is 0 Å². The Hall–Kier alpha value is -0.290. The summed E-state index contributed by atoms with van der Waals surface area (Å²) in [6.45, 7) is 23.5. The molecule has 0 aromatic heterocycles. The molecule has 0 spiro atoms. The quantitative estimate of drug-likeness (QED) is 0.389. The highest BCUT2D eigenvalue weighted by Gasteiger charge is 2.58. The lowest BCUT2D eigenvalue weighted by Gasteiger charge is -2.32. The van der Waals surface area contributed by atoms with E-state index in [0.717, 1.165) is 25.6 Å². The van der Waals surface area contributed by atoms with Gasteiger partial charge in [0.15, 0.2) is 0 Å². The second-order valence-electron chi connectivity index (χ2n) is 11.3. The zero-order valence-corrected chi connectivity index (χ0v) is 20.2. The van der Waals surface area contributed by atoms with Gasteiger partial charge < -0.3 is 18.6 Å². The van der Waals surface area contributed by atoms with Crippen molar-refractivity contribution < 1.29 is 18.6 Å². The van der Waals surface area contributed by atoms with Crippen LogP contribution in [0.5, 0.6) is 0 Å². The van der Waals surface area contributed by atoms with Crippen molar-refractivity contribution in [3.05, 3.63) is 11.6 Å². The van der Waals surface area contributed by atoms with E-state index in [9.17, 15) is 0 Å². The predicted octanol–water partition coefficient (Wildman–Crippen LogP) is 6.07. The molecular formula is C22H42B2O4. The Morgan fingerprint density at radius 1 is 0.750 bits per heavy atom. The number of rotatable bonds is 7. The van der Waals surface area contributed by atoms with E-state index in [1.54, 1.807) is 0 Å². The van der Waals surface area contributed by atoms with Crippen molar-refractivity contribution in [1.82, 2.24) is 0 Å². The minimum Gasteiger partial charge on any atom is -0.403 e. The molecule has 6 heteroatoms. The summed E-state index contributed by atoms with van der Waals surface area (Å²) in [6, 6.07) is 0. The van der Waals surface area contributed by atoms with Gasteiger partial charge in [0.05, 0.1) is 22.4 Å². The molecule has 2 aliphatic rings. The molecule has 28 heavy (non-hydrogen) atoms. The SMILES string of the molecule is CC(C)=CCCC(C)(CCB1OC(C)(C)C(C)(C)O1)B1OC(C)(C)C(C)(C)O1. The maximum Gasteiger partial charge on any atom is 0.464 e. The molecule has 160 valence electrons. The Bertz CT molecular complexity index is 561. The lowest BCUT2D eigenvalue weighted by molar-refractivity contribution is 0.00578. The van der Waals surface area contributed by atoms with Crippen LogP contribution in [0.15, 0.2) is 11.6 Å². The molecule has 2 saturated heterocycles. The molecule has 2 aliphatic heterocycles. The van der Waals surface area contributed by atoms with Crippen LogP contribution in [0.3, 0.4) is 0 Å². The molecule has 2 fully saturated rings. The fraction of sp³-hybridized carbons (Fsp3) is 0.909. The van der Waals surface area contributed by atoms with E-state index < -0.39 is 0 Å². The number of hydrogen-bond acceptors (Lipinski definition) is 4. The molecule has 0 radical (unpaired) electrons. The normalized spacial score (nSPS) is 27.0. The van der Waals surface area contributed by atoms with Crippen molar-refractivity contribution in [2.45, 2.75) is 129 Å². The highest BCUT2D eigenvalue weighted by Crippen LogP contribution is 2.51. The van der Waals surface area contributed by atoms with E-state index in [2.05, 4.69) is 82.2 Å². The average Bonchev–Trinajstić information content (AvgIpc) is 2.84. The van der Waals surface area contributed by atoms with Crippen LogP contribution in [-0.4, -0.2) is 36.6 Å². The molecular weight excluding hydrogens is 350 g/mol. The molecule has 0 aromatic carbocycles. The van der Waals surface area contributed by atoms with Gasteiger partial charge in [0.2, 0.25) is 0 Å². The van der Waals surface area contributed by atoms with Gasteiger partial charge in [-0.25, -0.2) is 0 Å². The smallest absolute Gasteiger partial charge is 0.403 e. The first kappa shape index (κ1) is 24.0. The van der Waals surface area contributed by atoms with Gasteiger partial charge in [-0.15, -0.1) is 0 Å². The monoisotopic (exact) mass is 392 g/mol. The maximum atomic E-state index is 6.46. The molecule has 1 unspecified atom stereocenters. The van der Waals surface area contributed by atoms with Gasteiger partial charge in [0.1, 0.15) is 0 Å². The first-order valence-corrected chi connectivity index (χ1v) is 10.9. The fourth-order valence-electron chi connectivity index (χ4n) is 3.71. The minimum absolute atomic E-state index is 0.111. The van der Waals surface area contributed by atoms with E-state index >= 15 is 0 Å². The van der Waals surface area contributed by atoms with E-state index in [0.29, 0.717) is 0 Å². The summed E-state index contributed by atoms with van der Waals surface area (Å²) >= 11 is 0. The van der Waals surface area contributed by atoms with Crippen LogP contribution in [0, 0.1) is 0 Å². The summed E-state index contributed by atoms with van der Waals surface area (Å²) in [5.41, 5.74) is 0.128. The van der Waals surface area contributed by atoms with E-state index in [1.807, 2.05) is 0 Å². The van der Waals surface area contributed by atoms with E-state index in [-0.39, 0.29) is 42.0 Å². The first-order chi connectivity index (χ1) is 12.5. The summed E-state index contributed by atoms with van der Waals surface area (Å²) in [7, 11) is -0.416. The zero-order chi connectivity index (χ0) is 21.6. The highest BCUT2D eigenvalue weighted by molar-refractivity contribution is 6.50. The lowest BCUT2D eigenvalue weighted by atomic mass is 9.52. The molecule has 0 aromatic rings. The van der Waals surface area contributed by atoms with Crippen LogP contribution >= 0.6 is 0 Å². The second-order valence-corrected chi connectivity index (χ2v) is 11.3. The van der Waals surface area contributed by atoms with Gasteiger partial charge >= 0.3 is 14.2 Å². The summed E-state index contributed by atoms with van der Waals surface area (Å²) in [5, 5.41) is -0.111. The fourth-order valence-corrected chi connectivity index (χ4v) is 3.71. The Morgan fingerprint density at radius 2 is 1.18 bits per heavy atom. The minimum atomic E-state index is -0.320. The Labute approximate surface area is 174 Å². The van der Waals surface area contributed by atoms with Crippen molar-refractivity contribution in [1.29, 1.82) is 0 Å².